The van der Waals surface area contributed by atoms with Crippen molar-refractivity contribution in [1.82, 2.24) is 0 Å². The van der Waals surface area contributed by atoms with Gasteiger partial charge in [0.2, 0.25) is 0 Å². The zero-order valence-corrected chi connectivity index (χ0v) is 14.9. The summed E-state index contributed by atoms with van der Waals surface area (Å²) in [4.78, 5) is 24.6. The number of carbonyl (C=O) groups is 2. The van der Waals surface area contributed by atoms with Crippen LogP contribution in [0.5, 0.6) is 0 Å². The molecule has 0 aliphatic heterocycles. The second kappa shape index (κ2) is 13.6. The van der Waals surface area contributed by atoms with E-state index < -0.39 is 0 Å². The normalized spacial score (nSPS) is 13.5. The van der Waals surface area contributed by atoms with Crippen LogP contribution in [0.15, 0.2) is 0 Å². The minimum Gasteiger partial charge on any atom is -0.466 e. The molecule has 0 aliphatic rings. The monoisotopic (exact) mass is 314 g/mol. The van der Waals surface area contributed by atoms with Crippen molar-refractivity contribution in [2.24, 2.45) is 11.8 Å². The first-order valence-electron chi connectivity index (χ1n) is 8.95. The van der Waals surface area contributed by atoms with Crippen LogP contribution >= 0.6 is 0 Å². The lowest BCUT2D eigenvalue weighted by Crippen LogP contribution is -2.33. The van der Waals surface area contributed by atoms with Crippen molar-refractivity contribution in [1.29, 1.82) is 0 Å². The summed E-state index contributed by atoms with van der Waals surface area (Å²) >= 11 is 0. The van der Waals surface area contributed by atoms with Gasteiger partial charge in [0.05, 0.1) is 25.0 Å². The van der Waals surface area contributed by atoms with E-state index in [1.165, 1.54) is 0 Å². The first kappa shape index (κ1) is 20.9. The summed E-state index contributed by atoms with van der Waals surface area (Å²) in [7, 11) is 0. The summed E-state index contributed by atoms with van der Waals surface area (Å²) in [5.41, 5.74) is 0. The molecule has 0 aromatic rings. The Hall–Kier alpha value is -1.06. The van der Waals surface area contributed by atoms with Crippen molar-refractivity contribution in [2.45, 2.75) is 79.1 Å². The van der Waals surface area contributed by atoms with E-state index in [-0.39, 0.29) is 23.8 Å². The second-order valence-electron chi connectivity index (χ2n) is 5.71. The van der Waals surface area contributed by atoms with Crippen molar-refractivity contribution in [3.8, 4) is 0 Å². The molecule has 4 nitrogen and oxygen atoms in total. The molecular formula is C18H34O4. The molecule has 0 radical (unpaired) electrons. The highest BCUT2D eigenvalue weighted by Crippen LogP contribution is 2.27. The second-order valence-corrected chi connectivity index (χ2v) is 5.71. The van der Waals surface area contributed by atoms with E-state index in [0.29, 0.717) is 26.1 Å². The van der Waals surface area contributed by atoms with Gasteiger partial charge < -0.3 is 9.47 Å². The number of carbonyl (C=O) groups excluding carboxylic acids is 2. The fraction of sp³-hybridized carbons (Fsp3) is 0.889. The van der Waals surface area contributed by atoms with E-state index in [1.54, 1.807) is 13.8 Å². The first-order valence-corrected chi connectivity index (χ1v) is 8.95. The summed E-state index contributed by atoms with van der Waals surface area (Å²) < 4.78 is 10.4. The minimum atomic E-state index is -0.359. The van der Waals surface area contributed by atoms with Crippen molar-refractivity contribution >= 4 is 11.9 Å². The van der Waals surface area contributed by atoms with Gasteiger partial charge in [0.15, 0.2) is 0 Å². The molecule has 22 heavy (non-hydrogen) atoms. The third kappa shape index (κ3) is 8.40. The van der Waals surface area contributed by atoms with Crippen LogP contribution in [0.25, 0.3) is 0 Å². The van der Waals surface area contributed by atoms with E-state index in [2.05, 4.69) is 13.8 Å². The number of esters is 2. The topological polar surface area (TPSA) is 52.6 Å². The molecule has 0 spiro atoms. The van der Waals surface area contributed by atoms with Crippen LogP contribution in [-0.2, 0) is 19.1 Å². The summed E-state index contributed by atoms with van der Waals surface area (Å²) in [6.45, 7) is 8.57. The molecular weight excluding hydrogens is 280 g/mol. The zero-order valence-electron chi connectivity index (χ0n) is 14.9. The van der Waals surface area contributed by atoms with Crippen LogP contribution in [0.2, 0.25) is 0 Å². The average molecular weight is 314 g/mol. The highest BCUT2D eigenvalue weighted by Gasteiger charge is 2.34. The number of ether oxygens (including phenoxy) is 2. The van der Waals surface area contributed by atoms with Crippen molar-refractivity contribution in [2.75, 3.05) is 13.2 Å². The molecule has 0 amide bonds. The summed E-state index contributed by atoms with van der Waals surface area (Å²) in [5, 5.41) is 0. The third-order valence-corrected chi connectivity index (χ3v) is 3.90. The number of rotatable bonds is 13. The highest BCUT2D eigenvalue weighted by atomic mass is 16.5. The lowest BCUT2D eigenvalue weighted by molar-refractivity contribution is -0.161. The maximum atomic E-state index is 12.3. The predicted octanol–water partition coefficient (Wildman–Crippen LogP) is 4.51. The lowest BCUT2D eigenvalue weighted by Gasteiger charge is -2.24. The van der Waals surface area contributed by atoms with Crippen LogP contribution in [0.1, 0.15) is 79.1 Å². The predicted molar refractivity (Wildman–Crippen MR) is 88.5 cm³/mol. The molecule has 0 heterocycles. The fourth-order valence-corrected chi connectivity index (χ4v) is 2.69. The van der Waals surface area contributed by atoms with Crippen molar-refractivity contribution in [3.05, 3.63) is 0 Å². The molecule has 0 rings (SSSR count). The Balaban J connectivity index is 4.94. The van der Waals surface area contributed by atoms with Crippen molar-refractivity contribution in [3.63, 3.8) is 0 Å². The Kier molecular flexibility index (Phi) is 12.9. The SMILES string of the molecule is CCCCC[C@@H](C(=O)OCC)[C@@H](CCCCC)C(=O)OCC. The molecule has 4 heteroatoms. The van der Waals surface area contributed by atoms with Gasteiger partial charge in [0.1, 0.15) is 0 Å². The van der Waals surface area contributed by atoms with Gasteiger partial charge in [-0.25, -0.2) is 0 Å². The Morgan fingerprint density at radius 2 is 1.05 bits per heavy atom. The van der Waals surface area contributed by atoms with E-state index >= 15 is 0 Å². The van der Waals surface area contributed by atoms with Gasteiger partial charge in [-0.05, 0) is 26.7 Å². The smallest absolute Gasteiger partial charge is 0.309 e. The lowest BCUT2D eigenvalue weighted by atomic mass is 9.84. The third-order valence-electron chi connectivity index (χ3n) is 3.90. The maximum absolute atomic E-state index is 12.3. The molecule has 0 saturated heterocycles. The number of hydrogen-bond acceptors (Lipinski definition) is 4. The number of hydrogen-bond donors (Lipinski definition) is 0. The van der Waals surface area contributed by atoms with Crippen LogP contribution in [0.4, 0.5) is 0 Å². The van der Waals surface area contributed by atoms with E-state index in [9.17, 15) is 9.59 Å². The van der Waals surface area contributed by atoms with Gasteiger partial charge in [0, 0.05) is 0 Å². The van der Waals surface area contributed by atoms with E-state index in [4.69, 9.17) is 9.47 Å². The molecule has 0 fully saturated rings. The summed E-state index contributed by atoms with van der Waals surface area (Å²) in [5.74, 6) is -1.20. The molecule has 0 aromatic carbocycles. The van der Waals surface area contributed by atoms with Gasteiger partial charge in [0.25, 0.3) is 0 Å². The highest BCUT2D eigenvalue weighted by molar-refractivity contribution is 5.82. The number of unbranched alkanes of at least 4 members (excludes halogenated alkanes) is 4. The fourth-order valence-electron chi connectivity index (χ4n) is 2.69. The zero-order chi connectivity index (χ0) is 16.8. The van der Waals surface area contributed by atoms with Crippen LogP contribution in [0.3, 0.4) is 0 Å². The molecule has 0 bridgehead atoms. The molecule has 0 aliphatic carbocycles. The Labute approximate surface area is 135 Å². The van der Waals surface area contributed by atoms with Crippen LogP contribution in [0, 0.1) is 11.8 Å². The van der Waals surface area contributed by atoms with E-state index in [0.717, 1.165) is 38.5 Å². The Bertz CT molecular complexity index is 271. The van der Waals surface area contributed by atoms with Gasteiger partial charge in [-0.2, -0.15) is 0 Å². The van der Waals surface area contributed by atoms with E-state index in [1.807, 2.05) is 0 Å². The Morgan fingerprint density at radius 3 is 1.32 bits per heavy atom. The van der Waals surface area contributed by atoms with Gasteiger partial charge in [-0.3, -0.25) is 9.59 Å². The molecule has 130 valence electrons. The minimum absolute atomic E-state index is 0.242. The summed E-state index contributed by atoms with van der Waals surface area (Å²) in [6, 6.07) is 0. The standard InChI is InChI=1S/C18H34O4/c1-5-9-11-13-15(17(19)21-7-3)16(14-12-10-6-2)18(20)22-8-4/h15-16H,5-14H2,1-4H3/t15-,16-/m1/s1. The maximum Gasteiger partial charge on any atom is 0.309 e. The molecule has 0 saturated carbocycles. The Morgan fingerprint density at radius 1 is 0.682 bits per heavy atom. The average Bonchev–Trinajstić information content (AvgIpc) is 2.49. The molecule has 0 aromatic heterocycles. The molecule has 0 N–H and O–H groups in total. The molecule has 2 atom stereocenters. The van der Waals surface area contributed by atoms with Gasteiger partial charge in [-0.15, -0.1) is 0 Å². The quantitative estimate of drug-likeness (QED) is 0.371. The van der Waals surface area contributed by atoms with Crippen LogP contribution < -0.4 is 0 Å². The van der Waals surface area contributed by atoms with Gasteiger partial charge >= 0.3 is 11.9 Å². The van der Waals surface area contributed by atoms with Crippen LogP contribution in [-0.4, -0.2) is 25.2 Å². The first-order chi connectivity index (χ1) is 10.6. The largest absolute Gasteiger partial charge is 0.466 e. The summed E-state index contributed by atoms with van der Waals surface area (Å²) in [6.07, 6.45) is 7.64. The molecule has 0 unspecified atom stereocenters. The van der Waals surface area contributed by atoms with Gasteiger partial charge in [-0.1, -0.05) is 52.4 Å². The van der Waals surface area contributed by atoms with Crippen molar-refractivity contribution < 1.29 is 19.1 Å².